The van der Waals surface area contributed by atoms with Crippen LogP contribution in [0.2, 0.25) is 5.02 Å². The molecule has 1 fully saturated rings. The molecule has 0 saturated heterocycles. The molecule has 2 heterocycles. The number of rotatable bonds is 6. The molecule has 6 rings (SSSR count). The lowest BCUT2D eigenvalue weighted by atomic mass is 9.98. The van der Waals surface area contributed by atoms with Gasteiger partial charge in [-0.1, -0.05) is 23.7 Å². The Morgan fingerprint density at radius 1 is 1.00 bits per heavy atom. The number of carbonyl (C=O) groups is 2. The van der Waals surface area contributed by atoms with Crippen molar-refractivity contribution >= 4 is 34.4 Å². The number of pyridine rings is 1. The van der Waals surface area contributed by atoms with Gasteiger partial charge in [-0.25, -0.2) is 4.39 Å². The second-order valence-electron chi connectivity index (χ2n) is 9.70. The predicted octanol–water partition coefficient (Wildman–Crippen LogP) is 6.44. The normalized spacial score (nSPS) is 13.7. The molecule has 0 spiro atoms. The fourth-order valence-corrected chi connectivity index (χ4v) is 5.15. The summed E-state index contributed by atoms with van der Waals surface area (Å²) in [6.45, 7) is 0. The van der Waals surface area contributed by atoms with Crippen LogP contribution in [0, 0.1) is 5.82 Å². The highest BCUT2D eigenvalue weighted by Gasteiger charge is 2.47. The Bertz CT molecular complexity index is 1780. The first kappa shape index (κ1) is 25.6. The summed E-state index contributed by atoms with van der Waals surface area (Å²) in [6, 6.07) is 19.3. The third-order valence-electron chi connectivity index (χ3n) is 7.15. The molecule has 2 amide bonds. The third kappa shape index (κ3) is 4.46. The van der Waals surface area contributed by atoms with Crippen molar-refractivity contribution in [2.24, 2.45) is 0 Å². The van der Waals surface area contributed by atoms with Crippen LogP contribution in [0.3, 0.4) is 0 Å². The first-order valence-electron chi connectivity index (χ1n) is 12.6. The second kappa shape index (κ2) is 9.81. The Balaban J connectivity index is 1.41. The number of hydrogen-bond donors (Lipinski definition) is 3. The van der Waals surface area contributed by atoms with Gasteiger partial charge < -0.3 is 20.2 Å². The van der Waals surface area contributed by atoms with Crippen LogP contribution in [0.15, 0.2) is 83.4 Å². The van der Waals surface area contributed by atoms with Gasteiger partial charge in [-0.3, -0.25) is 14.6 Å². The van der Waals surface area contributed by atoms with Crippen LogP contribution < -0.4 is 10.6 Å². The molecule has 2 aromatic heterocycles. The van der Waals surface area contributed by atoms with E-state index >= 15 is 0 Å². The number of nitrogens with zero attached hydrogens (tertiary/aromatic N) is 1. The summed E-state index contributed by atoms with van der Waals surface area (Å²) < 4.78 is 19.6. The second-order valence-corrected chi connectivity index (χ2v) is 10.1. The average molecular weight is 556 g/mol. The van der Waals surface area contributed by atoms with Crippen LogP contribution >= 0.6 is 11.6 Å². The predicted molar refractivity (Wildman–Crippen MR) is 150 cm³/mol. The van der Waals surface area contributed by atoms with Gasteiger partial charge in [0.15, 0.2) is 0 Å². The van der Waals surface area contributed by atoms with Crippen LogP contribution in [-0.2, 0) is 5.54 Å². The van der Waals surface area contributed by atoms with Gasteiger partial charge >= 0.3 is 0 Å². The highest BCUT2D eigenvalue weighted by molar-refractivity contribution is 6.33. The zero-order chi connectivity index (χ0) is 28.0. The Hall–Kier alpha value is -4.69. The van der Waals surface area contributed by atoms with Gasteiger partial charge in [0.25, 0.3) is 11.8 Å². The minimum absolute atomic E-state index is 0.0624. The van der Waals surface area contributed by atoms with Gasteiger partial charge in [0.05, 0.1) is 27.4 Å². The topological polar surface area (TPSA) is 104 Å². The lowest BCUT2D eigenvalue weighted by molar-refractivity contribution is 0.0925. The molecule has 1 aliphatic carbocycles. The van der Waals surface area contributed by atoms with Gasteiger partial charge in [0.1, 0.15) is 22.9 Å². The standard InChI is InChI=1S/C31H23ClFN3O4/c1-34-30(39)27-22-14-18(7-10-25(22)40-28(27)17-5-8-19(33)9-6-17)20-15-21(24(37)16-23(20)32)29(38)36-31(11-12-31)26-4-2-3-13-35-26/h2-10,13-16,37H,11-12H2,1H3,(H,34,39)(H,36,38). The number of phenolic OH excluding ortho intramolecular Hbond substituents is 1. The molecule has 200 valence electrons. The van der Waals surface area contributed by atoms with Gasteiger partial charge in [-0.2, -0.15) is 0 Å². The number of benzene rings is 3. The van der Waals surface area contributed by atoms with E-state index in [9.17, 15) is 19.1 Å². The van der Waals surface area contributed by atoms with E-state index in [0.29, 0.717) is 33.4 Å². The fourth-order valence-electron chi connectivity index (χ4n) is 4.89. The number of aromatic nitrogens is 1. The lowest BCUT2D eigenvalue weighted by Crippen LogP contribution is -2.35. The molecule has 0 bridgehead atoms. The molecule has 40 heavy (non-hydrogen) atoms. The van der Waals surface area contributed by atoms with Crippen molar-refractivity contribution in [3.05, 3.63) is 107 Å². The summed E-state index contributed by atoms with van der Waals surface area (Å²) in [7, 11) is 1.51. The van der Waals surface area contributed by atoms with Crippen molar-refractivity contribution < 1.29 is 23.5 Å². The Labute approximate surface area is 233 Å². The van der Waals surface area contributed by atoms with E-state index in [1.54, 1.807) is 36.5 Å². The maximum absolute atomic E-state index is 13.5. The third-order valence-corrected chi connectivity index (χ3v) is 7.46. The number of amides is 2. The van der Waals surface area contributed by atoms with Crippen LogP contribution in [0.25, 0.3) is 33.4 Å². The molecule has 3 N–H and O–H groups in total. The lowest BCUT2D eigenvalue weighted by Gasteiger charge is -2.18. The quantitative estimate of drug-likeness (QED) is 0.224. The van der Waals surface area contributed by atoms with E-state index in [4.69, 9.17) is 16.0 Å². The van der Waals surface area contributed by atoms with Crippen LogP contribution in [0.4, 0.5) is 4.39 Å². The average Bonchev–Trinajstić information content (AvgIpc) is 3.64. The number of hydrogen-bond acceptors (Lipinski definition) is 5. The highest BCUT2D eigenvalue weighted by Crippen LogP contribution is 2.45. The van der Waals surface area contributed by atoms with Gasteiger partial charge in [-0.15, -0.1) is 0 Å². The van der Waals surface area contributed by atoms with E-state index in [2.05, 4.69) is 15.6 Å². The van der Waals surface area contributed by atoms with Gasteiger partial charge in [0.2, 0.25) is 0 Å². The first-order chi connectivity index (χ1) is 19.3. The summed E-state index contributed by atoms with van der Waals surface area (Å²) in [5.41, 5.74) is 2.62. The molecule has 0 unspecified atom stereocenters. The van der Waals surface area contributed by atoms with Crippen molar-refractivity contribution in [1.82, 2.24) is 15.6 Å². The maximum atomic E-state index is 13.5. The van der Waals surface area contributed by atoms with E-state index in [-0.39, 0.29) is 27.8 Å². The van der Waals surface area contributed by atoms with Crippen molar-refractivity contribution in [1.29, 1.82) is 0 Å². The zero-order valence-corrected chi connectivity index (χ0v) is 22.1. The van der Waals surface area contributed by atoms with Gasteiger partial charge in [-0.05, 0) is 79.1 Å². The number of phenols is 1. The van der Waals surface area contributed by atoms with Crippen molar-refractivity contribution in [3.63, 3.8) is 0 Å². The van der Waals surface area contributed by atoms with Crippen LogP contribution in [0.1, 0.15) is 39.3 Å². The monoisotopic (exact) mass is 555 g/mol. The smallest absolute Gasteiger partial charge is 0.255 e. The fraction of sp³-hybridized carbons (Fsp3) is 0.129. The van der Waals surface area contributed by atoms with E-state index < -0.39 is 17.3 Å². The van der Waals surface area contributed by atoms with Gasteiger partial charge in [0, 0.05) is 29.8 Å². The Morgan fingerprint density at radius 2 is 1.75 bits per heavy atom. The number of aromatic hydroxyl groups is 1. The first-order valence-corrected chi connectivity index (χ1v) is 13.0. The van der Waals surface area contributed by atoms with E-state index in [1.165, 1.54) is 31.3 Å². The largest absolute Gasteiger partial charge is 0.507 e. The summed E-state index contributed by atoms with van der Waals surface area (Å²) in [5.74, 6) is -1.19. The maximum Gasteiger partial charge on any atom is 0.255 e. The minimum atomic E-state index is -0.570. The number of halogens is 2. The molecule has 3 aromatic carbocycles. The number of furan rings is 1. The van der Waals surface area contributed by atoms with Crippen molar-refractivity contribution in [2.75, 3.05) is 7.05 Å². The SMILES string of the molecule is CNC(=O)c1c(-c2ccc(F)cc2)oc2ccc(-c3cc(C(=O)NC4(c5ccccn5)CC4)c(O)cc3Cl)cc12. The molecule has 1 aliphatic rings. The Kier molecular flexibility index (Phi) is 6.27. The highest BCUT2D eigenvalue weighted by atomic mass is 35.5. The molecule has 0 aliphatic heterocycles. The number of carbonyl (C=O) groups excluding carboxylic acids is 2. The molecule has 9 heteroatoms. The number of fused-ring (bicyclic) bond motifs is 1. The molecular weight excluding hydrogens is 533 g/mol. The van der Waals surface area contributed by atoms with E-state index in [1.807, 2.05) is 18.2 Å². The van der Waals surface area contributed by atoms with E-state index in [0.717, 1.165) is 18.5 Å². The van der Waals surface area contributed by atoms with Crippen molar-refractivity contribution in [2.45, 2.75) is 18.4 Å². The summed E-state index contributed by atoms with van der Waals surface area (Å²) in [4.78, 5) is 30.7. The molecule has 1 saturated carbocycles. The molecule has 0 atom stereocenters. The molecule has 5 aromatic rings. The molecular formula is C31H23ClFN3O4. The summed E-state index contributed by atoms with van der Waals surface area (Å²) in [6.07, 6.45) is 3.17. The van der Waals surface area contributed by atoms with Crippen LogP contribution in [0.5, 0.6) is 5.75 Å². The molecule has 0 radical (unpaired) electrons. The summed E-state index contributed by atoms with van der Waals surface area (Å²) in [5, 5.41) is 17.0. The van der Waals surface area contributed by atoms with Crippen LogP contribution in [-0.4, -0.2) is 29.0 Å². The minimum Gasteiger partial charge on any atom is -0.507 e. The van der Waals surface area contributed by atoms with Crippen molar-refractivity contribution in [3.8, 4) is 28.2 Å². The Morgan fingerprint density at radius 3 is 2.42 bits per heavy atom. The summed E-state index contributed by atoms with van der Waals surface area (Å²) >= 11 is 6.54. The molecule has 7 nitrogen and oxygen atoms in total. The zero-order valence-electron chi connectivity index (χ0n) is 21.3. The number of nitrogens with one attached hydrogen (secondary N) is 2.